The molecule has 1 saturated heterocycles. The number of hydrogen-bond donors (Lipinski definition) is 0. The van der Waals surface area contributed by atoms with Crippen molar-refractivity contribution in [2.24, 2.45) is 0 Å². The molecule has 3 aromatic heterocycles. The van der Waals surface area contributed by atoms with Gasteiger partial charge in [-0.15, -0.1) is 0 Å². The smallest absolute Gasteiger partial charge is 0.360 e. The lowest BCUT2D eigenvalue weighted by atomic mass is 10.2. The lowest BCUT2D eigenvalue weighted by molar-refractivity contribution is 0.0223. The fourth-order valence-corrected chi connectivity index (χ4v) is 4.00. The molecule has 4 heterocycles. The zero-order valence-corrected chi connectivity index (χ0v) is 15.6. The maximum absolute atomic E-state index is 12.3. The number of furan rings is 1. The van der Waals surface area contributed by atoms with Crippen LogP contribution < -0.4 is 9.64 Å². The highest BCUT2D eigenvalue weighted by Crippen LogP contribution is 2.36. The average molecular weight is 397 g/mol. The summed E-state index contributed by atoms with van der Waals surface area (Å²) < 4.78 is 22.3. The third-order valence-electron chi connectivity index (χ3n) is 4.47. The van der Waals surface area contributed by atoms with Gasteiger partial charge in [0, 0.05) is 6.07 Å². The molecule has 1 aliphatic rings. The molecule has 0 bridgehead atoms. The number of hydrogen-bond acceptors (Lipinski definition) is 9. The summed E-state index contributed by atoms with van der Waals surface area (Å²) in [5.41, 5.74) is 0.966. The van der Waals surface area contributed by atoms with Gasteiger partial charge in [0.05, 0.1) is 31.2 Å². The molecule has 1 aliphatic heterocycles. The highest BCUT2D eigenvalue weighted by Gasteiger charge is 2.33. The van der Waals surface area contributed by atoms with Gasteiger partial charge in [-0.2, -0.15) is 0 Å². The number of fused-ring (bicyclic) bond motifs is 1. The van der Waals surface area contributed by atoms with Crippen molar-refractivity contribution in [1.29, 1.82) is 0 Å². The van der Waals surface area contributed by atoms with Crippen molar-refractivity contribution in [3.8, 4) is 17.3 Å². The molecule has 0 radical (unpaired) electrons. The van der Waals surface area contributed by atoms with Gasteiger partial charge in [-0.25, -0.2) is 9.78 Å². The summed E-state index contributed by atoms with van der Waals surface area (Å²) in [5.74, 6) is 1.13. The molecule has 0 amide bonds. The number of ether oxygens (including phenoxy) is 2. The van der Waals surface area contributed by atoms with E-state index in [2.05, 4.69) is 15.0 Å². The second-order valence-corrected chi connectivity index (χ2v) is 7.30. The fraction of sp³-hybridized carbons (Fsp3) is 0.211. The van der Waals surface area contributed by atoms with Crippen LogP contribution in [0.1, 0.15) is 10.5 Å². The largest absolute Gasteiger partial charge is 0.494 e. The topological polar surface area (TPSA) is 90.8 Å². The highest BCUT2D eigenvalue weighted by atomic mass is 32.1. The zero-order chi connectivity index (χ0) is 19.1. The summed E-state index contributed by atoms with van der Waals surface area (Å²) in [4.78, 5) is 19.0. The second kappa shape index (κ2) is 6.68. The Balaban J connectivity index is 1.22. The molecule has 5 rings (SSSR count). The Bertz CT molecular complexity index is 1130. The van der Waals surface area contributed by atoms with Crippen LogP contribution in [0.3, 0.4) is 0 Å². The van der Waals surface area contributed by atoms with E-state index in [-0.39, 0.29) is 11.8 Å². The molecular weight excluding hydrogens is 382 g/mol. The molecule has 8 nitrogen and oxygen atoms in total. The summed E-state index contributed by atoms with van der Waals surface area (Å²) >= 11 is 1.59. The zero-order valence-electron chi connectivity index (χ0n) is 14.8. The lowest BCUT2D eigenvalue weighted by Crippen LogP contribution is -2.53. The van der Waals surface area contributed by atoms with Crippen LogP contribution >= 0.6 is 11.3 Å². The number of carbonyl (C=O) groups excluding carboxylic acids is 1. The van der Waals surface area contributed by atoms with Gasteiger partial charge in [0.25, 0.3) is 0 Å². The van der Waals surface area contributed by atoms with E-state index in [9.17, 15) is 4.79 Å². The molecule has 1 aromatic carbocycles. The number of benzene rings is 1. The number of rotatable bonds is 5. The summed E-state index contributed by atoms with van der Waals surface area (Å²) in [5, 5.41) is 4.64. The minimum absolute atomic E-state index is 0.120. The third-order valence-corrected chi connectivity index (χ3v) is 5.55. The molecule has 0 saturated carbocycles. The van der Waals surface area contributed by atoms with Gasteiger partial charge in [-0.05, 0) is 24.3 Å². The van der Waals surface area contributed by atoms with Crippen LogP contribution in [0.2, 0.25) is 0 Å². The van der Waals surface area contributed by atoms with E-state index in [1.54, 1.807) is 30.6 Å². The Hall–Kier alpha value is -3.33. The Morgan fingerprint density at radius 2 is 2.14 bits per heavy atom. The van der Waals surface area contributed by atoms with Gasteiger partial charge in [0.2, 0.25) is 5.76 Å². The highest BCUT2D eigenvalue weighted by molar-refractivity contribution is 7.22. The number of nitrogens with zero attached hydrogens (tertiary/aromatic N) is 3. The van der Waals surface area contributed by atoms with E-state index in [4.69, 9.17) is 18.4 Å². The SMILES string of the molecule is COc1cccc2sc(N3CC(OC(=O)c4cc(-c5ccco5)on4)C3)nc12. The van der Waals surface area contributed by atoms with Crippen LogP contribution in [0, 0.1) is 0 Å². The summed E-state index contributed by atoms with van der Waals surface area (Å²) in [6.45, 7) is 1.16. The van der Waals surface area contributed by atoms with E-state index in [1.807, 2.05) is 18.2 Å². The van der Waals surface area contributed by atoms with Gasteiger partial charge < -0.3 is 23.3 Å². The predicted octanol–water partition coefficient (Wildman–Crippen LogP) is 3.60. The quantitative estimate of drug-likeness (QED) is 0.472. The van der Waals surface area contributed by atoms with Gasteiger partial charge in [0.15, 0.2) is 16.6 Å². The van der Waals surface area contributed by atoms with Crippen molar-refractivity contribution in [1.82, 2.24) is 10.1 Å². The average Bonchev–Trinajstić information content (AvgIpc) is 3.42. The van der Waals surface area contributed by atoms with Crippen LogP contribution in [-0.2, 0) is 4.74 Å². The minimum Gasteiger partial charge on any atom is -0.494 e. The molecule has 0 unspecified atom stereocenters. The van der Waals surface area contributed by atoms with Crippen molar-refractivity contribution in [2.75, 3.05) is 25.1 Å². The van der Waals surface area contributed by atoms with E-state index in [0.29, 0.717) is 24.6 Å². The Morgan fingerprint density at radius 1 is 1.25 bits per heavy atom. The molecule has 1 fully saturated rings. The number of aromatic nitrogens is 2. The van der Waals surface area contributed by atoms with Gasteiger partial charge in [-0.3, -0.25) is 0 Å². The van der Waals surface area contributed by atoms with E-state index in [1.165, 1.54) is 12.3 Å². The maximum atomic E-state index is 12.3. The first-order chi connectivity index (χ1) is 13.7. The number of carbonyl (C=O) groups is 1. The van der Waals surface area contributed by atoms with Crippen LogP contribution in [-0.4, -0.2) is 42.4 Å². The molecule has 0 N–H and O–H groups in total. The van der Waals surface area contributed by atoms with Crippen molar-refractivity contribution < 1.29 is 23.2 Å². The first kappa shape index (κ1) is 16.8. The molecule has 142 valence electrons. The Kier molecular flexibility index (Phi) is 4.01. The van der Waals surface area contributed by atoms with E-state index < -0.39 is 5.97 Å². The lowest BCUT2D eigenvalue weighted by Gasteiger charge is -2.37. The normalized spacial score (nSPS) is 14.2. The molecular formula is C19H15N3O5S. The fourth-order valence-electron chi connectivity index (χ4n) is 3.00. The minimum atomic E-state index is -0.517. The number of thiazole rings is 1. The monoisotopic (exact) mass is 397 g/mol. The van der Waals surface area contributed by atoms with Crippen molar-refractivity contribution >= 4 is 32.7 Å². The van der Waals surface area contributed by atoms with Crippen molar-refractivity contribution in [3.05, 3.63) is 48.4 Å². The standard InChI is InChI=1S/C19H15N3O5S/c1-24-14-4-2-6-16-17(14)20-19(28-16)22-9-11(10-22)26-18(23)12-8-15(27-21-12)13-5-3-7-25-13/h2-8,11H,9-10H2,1H3. The number of para-hydroxylation sites is 1. The van der Waals surface area contributed by atoms with Crippen LogP contribution in [0.15, 0.2) is 51.6 Å². The first-order valence-corrected chi connectivity index (χ1v) is 9.43. The number of esters is 1. The van der Waals surface area contributed by atoms with E-state index >= 15 is 0 Å². The number of anilines is 1. The summed E-state index contributed by atoms with van der Waals surface area (Å²) in [6, 6.07) is 10.8. The van der Waals surface area contributed by atoms with Crippen molar-refractivity contribution in [3.63, 3.8) is 0 Å². The Morgan fingerprint density at radius 3 is 2.93 bits per heavy atom. The summed E-state index contributed by atoms with van der Waals surface area (Å²) in [6.07, 6.45) is 1.31. The maximum Gasteiger partial charge on any atom is 0.360 e. The predicted molar refractivity (Wildman–Crippen MR) is 102 cm³/mol. The van der Waals surface area contributed by atoms with Crippen LogP contribution in [0.25, 0.3) is 21.7 Å². The molecule has 0 spiro atoms. The molecule has 4 aromatic rings. The summed E-state index contributed by atoms with van der Waals surface area (Å²) in [7, 11) is 1.63. The molecule has 9 heteroatoms. The molecule has 0 aliphatic carbocycles. The van der Waals surface area contributed by atoms with Crippen molar-refractivity contribution in [2.45, 2.75) is 6.10 Å². The third kappa shape index (κ3) is 2.89. The number of methoxy groups -OCH3 is 1. The first-order valence-electron chi connectivity index (χ1n) is 8.61. The van der Waals surface area contributed by atoms with E-state index in [0.717, 1.165) is 21.1 Å². The van der Waals surface area contributed by atoms with Gasteiger partial charge in [0.1, 0.15) is 17.4 Å². The molecule has 28 heavy (non-hydrogen) atoms. The molecule has 0 atom stereocenters. The van der Waals surface area contributed by atoms with Crippen LogP contribution in [0.4, 0.5) is 5.13 Å². The van der Waals surface area contributed by atoms with Crippen LogP contribution in [0.5, 0.6) is 5.75 Å². The second-order valence-electron chi connectivity index (χ2n) is 6.29. The van der Waals surface area contributed by atoms with Gasteiger partial charge >= 0.3 is 5.97 Å². The van der Waals surface area contributed by atoms with Gasteiger partial charge in [-0.1, -0.05) is 22.6 Å². The Labute approximate surface area is 163 Å².